The Morgan fingerprint density at radius 1 is 1.27 bits per heavy atom. The van der Waals surface area contributed by atoms with Crippen LogP contribution in [0.25, 0.3) is 0 Å². The second kappa shape index (κ2) is 6.91. The van der Waals surface area contributed by atoms with Crippen molar-refractivity contribution in [3.8, 4) is 0 Å². The van der Waals surface area contributed by atoms with Gasteiger partial charge in [-0.05, 0) is 30.7 Å². The number of benzene rings is 1. The van der Waals surface area contributed by atoms with Crippen molar-refractivity contribution >= 4 is 29.2 Å². The van der Waals surface area contributed by atoms with Crippen LogP contribution in [0.1, 0.15) is 16.1 Å². The molecule has 6 nitrogen and oxygen atoms in total. The van der Waals surface area contributed by atoms with Gasteiger partial charge >= 0.3 is 11.7 Å². The van der Waals surface area contributed by atoms with Crippen LogP contribution in [0.15, 0.2) is 42.6 Å². The maximum Gasteiger partial charge on any atom is 0.405 e. The van der Waals surface area contributed by atoms with Gasteiger partial charge in [0.1, 0.15) is 0 Å². The molecule has 0 saturated heterocycles. The molecule has 1 N–H and O–H groups in total. The quantitative estimate of drug-likeness (QED) is 0.531. The first-order valence-corrected chi connectivity index (χ1v) is 6.77. The molecule has 0 unspecified atom stereocenters. The van der Waals surface area contributed by atoms with Gasteiger partial charge in [-0.25, -0.2) is 4.79 Å². The molecule has 114 valence electrons. The van der Waals surface area contributed by atoms with Crippen LogP contribution in [0, 0.1) is 12.1 Å². The third kappa shape index (κ3) is 3.73. The first-order valence-electron chi connectivity index (χ1n) is 6.39. The summed E-state index contributed by atoms with van der Waals surface area (Å²) in [6.45, 7) is 1.26. The second-order valence-corrected chi connectivity index (χ2v) is 4.86. The predicted molar refractivity (Wildman–Crippen MR) is 80.5 cm³/mol. The van der Waals surface area contributed by atoms with Crippen molar-refractivity contribution in [2.75, 3.05) is 11.9 Å². The number of carbonyl (C=O) groups is 2. The lowest BCUT2D eigenvalue weighted by atomic mass is 10.2. The molecule has 22 heavy (non-hydrogen) atoms. The number of nitrogens with one attached hydrogen (secondary N) is 1. The first kappa shape index (κ1) is 15.8. The Kier molecular flexibility index (Phi) is 4.95. The van der Waals surface area contributed by atoms with E-state index in [0.717, 1.165) is 0 Å². The van der Waals surface area contributed by atoms with Gasteiger partial charge in [0.05, 0.1) is 0 Å². The number of pyridine rings is 1. The molecule has 0 bridgehead atoms. The van der Waals surface area contributed by atoms with Crippen molar-refractivity contribution in [3.63, 3.8) is 0 Å². The highest BCUT2D eigenvalue weighted by atomic mass is 35.5. The Labute approximate surface area is 131 Å². The Morgan fingerprint density at radius 2 is 2.05 bits per heavy atom. The molecule has 0 atom stereocenters. The number of halogens is 1. The third-order valence-electron chi connectivity index (χ3n) is 2.91. The number of ether oxygens (including phenoxy) is 1. The zero-order valence-corrected chi connectivity index (χ0v) is 12.5. The molecule has 1 amide bonds. The van der Waals surface area contributed by atoms with Crippen molar-refractivity contribution in [2.24, 2.45) is 0 Å². The molecule has 2 aromatic rings. The van der Waals surface area contributed by atoms with E-state index < -0.39 is 18.5 Å². The average molecular weight is 321 g/mol. The van der Waals surface area contributed by atoms with Crippen LogP contribution in [-0.2, 0) is 9.53 Å². The van der Waals surface area contributed by atoms with E-state index in [1.54, 1.807) is 25.1 Å². The van der Waals surface area contributed by atoms with Gasteiger partial charge < -0.3 is 15.3 Å². The molecule has 0 aliphatic carbocycles. The van der Waals surface area contributed by atoms with Gasteiger partial charge in [-0.15, -0.1) is 0 Å². The van der Waals surface area contributed by atoms with Crippen LogP contribution in [0.4, 0.5) is 5.69 Å². The molecule has 1 aromatic carbocycles. The monoisotopic (exact) mass is 320 g/mol. The molecule has 0 fully saturated rings. The Hall–Kier alpha value is -2.60. The standard InChI is InChI=1S/C15H13ClN2O4/c1-10-11(16)5-4-6-12(10)17-14(19)9-22-15(20)13-7-2-3-8-18(13)21/h2-8H,9H2,1H3,(H,17,19). The summed E-state index contributed by atoms with van der Waals surface area (Å²) in [5, 5.41) is 14.5. The second-order valence-electron chi connectivity index (χ2n) is 4.45. The molecule has 1 heterocycles. The van der Waals surface area contributed by atoms with Crippen molar-refractivity contribution in [1.82, 2.24) is 0 Å². The van der Waals surface area contributed by atoms with E-state index in [4.69, 9.17) is 16.3 Å². The van der Waals surface area contributed by atoms with Crippen molar-refractivity contribution in [1.29, 1.82) is 0 Å². The highest BCUT2D eigenvalue weighted by Gasteiger charge is 2.18. The first-order chi connectivity index (χ1) is 10.5. The fourth-order valence-corrected chi connectivity index (χ4v) is 1.90. The van der Waals surface area contributed by atoms with E-state index in [1.165, 1.54) is 24.4 Å². The molecule has 7 heteroatoms. The molecule has 1 aromatic heterocycles. The number of carbonyl (C=O) groups excluding carboxylic acids is 2. The van der Waals surface area contributed by atoms with E-state index in [9.17, 15) is 14.8 Å². The maximum atomic E-state index is 11.8. The fourth-order valence-electron chi connectivity index (χ4n) is 1.72. The number of rotatable bonds is 4. The summed E-state index contributed by atoms with van der Waals surface area (Å²) in [5.74, 6) is -1.39. The summed E-state index contributed by atoms with van der Waals surface area (Å²) in [4.78, 5) is 23.5. The van der Waals surface area contributed by atoms with Crippen molar-refractivity contribution in [3.05, 3.63) is 64.1 Å². The van der Waals surface area contributed by atoms with E-state index in [2.05, 4.69) is 5.32 Å². The van der Waals surface area contributed by atoms with Gasteiger partial charge in [-0.1, -0.05) is 17.7 Å². The summed E-state index contributed by atoms with van der Waals surface area (Å²) >= 11 is 5.95. The Balaban J connectivity index is 1.95. The lowest BCUT2D eigenvalue weighted by Gasteiger charge is -2.09. The summed E-state index contributed by atoms with van der Waals surface area (Å²) in [5.41, 5.74) is 1.06. The average Bonchev–Trinajstić information content (AvgIpc) is 2.50. The number of amides is 1. The van der Waals surface area contributed by atoms with E-state index in [0.29, 0.717) is 21.0 Å². The van der Waals surface area contributed by atoms with Gasteiger partial charge in [0.15, 0.2) is 12.8 Å². The molecule has 0 spiro atoms. The minimum Gasteiger partial charge on any atom is -0.618 e. The molecule has 0 aliphatic rings. The molecular formula is C15H13ClN2O4. The fraction of sp³-hybridized carbons (Fsp3) is 0.133. The summed E-state index contributed by atoms with van der Waals surface area (Å²) < 4.78 is 5.18. The van der Waals surface area contributed by atoms with Gasteiger partial charge in [0, 0.05) is 22.8 Å². The van der Waals surface area contributed by atoms with Crippen molar-refractivity contribution in [2.45, 2.75) is 6.92 Å². The SMILES string of the molecule is Cc1c(Cl)cccc1NC(=O)COC(=O)c1cccc[n+]1[O-]. The number of hydrogen-bond acceptors (Lipinski definition) is 4. The van der Waals surface area contributed by atoms with Gasteiger partial charge in [-0.3, -0.25) is 4.79 Å². The normalized spacial score (nSPS) is 10.1. The smallest absolute Gasteiger partial charge is 0.405 e. The van der Waals surface area contributed by atoms with E-state index >= 15 is 0 Å². The maximum absolute atomic E-state index is 11.8. The highest BCUT2D eigenvalue weighted by molar-refractivity contribution is 6.31. The van der Waals surface area contributed by atoms with Crippen LogP contribution in [0.5, 0.6) is 0 Å². The molecular weight excluding hydrogens is 308 g/mol. The third-order valence-corrected chi connectivity index (χ3v) is 3.32. The Morgan fingerprint density at radius 3 is 2.77 bits per heavy atom. The number of hydrogen-bond donors (Lipinski definition) is 1. The van der Waals surface area contributed by atoms with Crippen LogP contribution in [0.2, 0.25) is 5.02 Å². The van der Waals surface area contributed by atoms with Crippen LogP contribution >= 0.6 is 11.6 Å². The lowest BCUT2D eigenvalue weighted by molar-refractivity contribution is -0.608. The summed E-state index contributed by atoms with van der Waals surface area (Å²) in [6, 6.07) is 9.41. The molecule has 0 saturated carbocycles. The summed E-state index contributed by atoms with van der Waals surface area (Å²) in [6.07, 6.45) is 1.17. The van der Waals surface area contributed by atoms with Gasteiger partial charge in [0.2, 0.25) is 0 Å². The number of anilines is 1. The van der Waals surface area contributed by atoms with Crippen molar-refractivity contribution < 1.29 is 19.1 Å². The van der Waals surface area contributed by atoms with Crippen LogP contribution in [0.3, 0.4) is 0 Å². The number of esters is 1. The predicted octanol–water partition coefficient (Wildman–Crippen LogP) is 2.08. The highest BCUT2D eigenvalue weighted by Crippen LogP contribution is 2.22. The topological polar surface area (TPSA) is 82.3 Å². The molecule has 0 aliphatic heterocycles. The van der Waals surface area contributed by atoms with E-state index in [-0.39, 0.29) is 5.69 Å². The largest absolute Gasteiger partial charge is 0.618 e. The summed E-state index contributed by atoms with van der Waals surface area (Å²) in [7, 11) is 0. The zero-order chi connectivity index (χ0) is 16.1. The number of aromatic nitrogens is 1. The van der Waals surface area contributed by atoms with Gasteiger partial charge in [0.25, 0.3) is 5.91 Å². The zero-order valence-electron chi connectivity index (χ0n) is 11.7. The van der Waals surface area contributed by atoms with Crippen LogP contribution in [-0.4, -0.2) is 18.5 Å². The molecule has 0 radical (unpaired) electrons. The Bertz CT molecular complexity index is 718. The minimum absolute atomic E-state index is 0.186. The van der Waals surface area contributed by atoms with Gasteiger partial charge in [-0.2, -0.15) is 4.73 Å². The van der Waals surface area contributed by atoms with Crippen LogP contribution < -0.4 is 10.0 Å². The number of nitrogens with zero attached hydrogens (tertiary/aromatic N) is 1. The minimum atomic E-state index is -0.867. The lowest BCUT2D eigenvalue weighted by Crippen LogP contribution is -2.35. The van der Waals surface area contributed by atoms with E-state index in [1.807, 2.05) is 0 Å². The molecule has 2 rings (SSSR count).